The molecule has 148 valence electrons. The van der Waals surface area contributed by atoms with Crippen LogP contribution in [0.25, 0.3) is 0 Å². The first kappa shape index (κ1) is 18.9. The number of hydrogen-bond donors (Lipinski definition) is 1. The number of fused-ring (bicyclic) bond motifs is 2. The van der Waals surface area contributed by atoms with Crippen LogP contribution >= 0.6 is 0 Å². The van der Waals surface area contributed by atoms with E-state index in [0.717, 1.165) is 37.8 Å². The molecule has 4 nitrogen and oxygen atoms in total. The van der Waals surface area contributed by atoms with Crippen molar-refractivity contribution in [1.29, 1.82) is 0 Å². The summed E-state index contributed by atoms with van der Waals surface area (Å²) < 4.78 is 18.4. The number of piperidine rings is 2. The van der Waals surface area contributed by atoms with Crippen molar-refractivity contribution in [2.75, 3.05) is 7.11 Å². The van der Waals surface area contributed by atoms with Gasteiger partial charge in [-0.25, -0.2) is 4.39 Å². The molecule has 1 amide bonds. The molecule has 2 aliphatic rings. The van der Waals surface area contributed by atoms with E-state index in [9.17, 15) is 9.18 Å². The zero-order chi connectivity index (χ0) is 19.5. The molecule has 0 aromatic heterocycles. The van der Waals surface area contributed by atoms with Crippen LogP contribution in [0.1, 0.15) is 48.0 Å². The fourth-order valence-electron chi connectivity index (χ4n) is 4.69. The summed E-state index contributed by atoms with van der Waals surface area (Å²) in [4.78, 5) is 15.2. The van der Waals surface area contributed by atoms with E-state index < -0.39 is 0 Å². The summed E-state index contributed by atoms with van der Waals surface area (Å²) in [5, 5.41) is 3.24. The molecule has 2 aromatic rings. The average molecular weight is 382 g/mol. The summed E-state index contributed by atoms with van der Waals surface area (Å²) in [5.74, 6) is 0.468. The van der Waals surface area contributed by atoms with E-state index in [1.54, 1.807) is 13.2 Å². The van der Waals surface area contributed by atoms with Gasteiger partial charge >= 0.3 is 0 Å². The Morgan fingerprint density at radius 2 is 1.86 bits per heavy atom. The van der Waals surface area contributed by atoms with Crippen molar-refractivity contribution in [2.45, 2.75) is 56.8 Å². The topological polar surface area (TPSA) is 41.6 Å². The standard InChI is InChI=1S/C23H27FN2O2/c1-28-22-7-2-4-17(12-22)23(27)25-19-13-20-5-3-6-21(14-19)26(20)15-16-8-10-18(24)11-9-16/h2,4,7-12,19-21H,3,5-6,13-15H2,1H3,(H,25,27)/t19?,20-,21+. The number of carbonyl (C=O) groups excluding carboxylic acids is 1. The molecule has 2 bridgehead atoms. The van der Waals surface area contributed by atoms with Crippen LogP contribution in [0.5, 0.6) is 5.75 Å². The molecule has 2 heterocycles. The summed E-state index contributed by atoms with van der Waals surface area (Å²) in [6, 6.07) is 15.2. The van der Waals surface area contributed by atoms with Crippen LogP contribution in [0, 0.1) is 5.82 Å². The maximum Gasteiger partial charge on any atom is 0.251 e. The fourth-order valence-corrected chi connectivity index (χ4v) is 4.69. The molecule has 2 aliphatic heterocycles. The Kier molecular flexibility index (Phi) is 5.62. The normalized spacial score (nSPS) is 24.6. The second-order valence-corrected chi connectivity index (χ2v) is 7.91. The second-order valence-electron chi connectivity index (χ2n) is 7.91. The van der Waals surface area contributed by atoms with Crippen molar-refractivity contribution in [2.24, 2.45) is 0 Å². The Balaban J connectivity index is 1.41. The third-order valence-electron chi connectivity index (χ3n) is 6.07. The predicted molar refractivity (Wildman–Crippen MR) is 107 cm³/mol. The van der Waals surface area contributed by atoms with Crippen LogP contribution in [-0.2, 0) is 6.54 Å². The van der Waals surface area contributed by atoms with Crippen molar-refractivity contribution in [3.05, 3.63) is 65.5 Å². The van der Waals surface area contributed by atoms with Crippen LogP contribution in [-0.4, -0.2) is 36.0 Å². The van der Waals surface area contributed by atoms with Gasteiger partial charge < -0.3 is 10.1 Å². The lowest BCUT2D eigenvalue weighted by Crippen LogP contribution is -2.56. The molecular formula is C23H27FN2O2. The van der Waals surface area contributed by atoms with E-state index in [-0.39, 0.29) is 17.8 Å². The van der Waals surface area contributed by atoms with Crippen molar-refractivity contribution in [3.8, 4) is 5.75 Å². The molecule has 5 heteroatoms. The van der Waals surface area contributed by atoms with Crippen molar-refractivity contribution < 1.29 is 13.9 Å². The predicted octanol–water partition coefficient (Wildman–Crippen LogP) is 4.15. The summed E-state index contributed by atoms with van der Waals surface area (Å²) in [6.07, 6.45) is 5.49. The molecule has 2 aromatic carbocycles. The summed E-state index contributed by atoms with van der Waals surface area (Å²) in [6.45, 7) is 0.853. The lowest BCUT2D eigenvalue weighted by molar-refractivity contribution is 0.0177. The number of ether oxygens (including phenoxy) is 1. The number of nitrogens with zero attached hydrogens (tertiary/aromatic N) is 1. The SMILES string of the molecule is COc1cccc(C(=O)NC2C[C@H]3CCC[C@@H](C2)N3Cc2ccc(F)cc2)c1. The molecule has 28 heavy (non-hydrogen) atoms. The maximum atomic E-state index is 13.2. The van der Waals surface area contributed by atoms with E-state index in [1.165, 1.54) is 18.6 Å². The highest BCUT2D eigenvalue weighted by Crippen LogP contribution is 2.35. The van der Waals surface area contributed by atoms with E-state index in [2.05, 4.69) is 10.2 Å². The van der Waals surface area contributed by atoms with Gasteiger partial charge in [-0.3, -0.25) is 9.69 Å². The molecule has 1 N–H and O–H groups in total. The van der Waals surface area contributed by atoms with Crippen LogP contribution in [0.3, 0.4) is 0 Å². The number of amides is 1. The van der Waals surface area contributed by atoms with E-state index in [0.29, 0.717) is 23.4 Å². The first-order valence-electron chi connectivity index (χ1n) is 10.1. The highest BCUT2D eigenvalue weighted by Gasteiger charge is 2.38. The molecule has 3 atom stereocenters. The quantitative estimate of drug-likeness (QED) is 0.845. The Morgan fingerprint density at radius 1 is 1.14 bits per heavy atom. The largest absolute Gasteiger partial charge is 0.497 e. The van der Waals surface area contributed by atoms with Crippen LogP contribution in [0.4, 0.5) is 4.39 Å². The number of nitrogens with one attached hydrogen (secondary N) is 1. The van der Waals surface area contributed by atoms with Gasteiger partial charge in [0.1, 0.15) is 11.6 Å². The summed E-state index contributed by atoms with van der Waals surface area (Å²) in [5.41, 5.74) is 1.79. The number of benzene rings is 2. The van der Waals surface area contributed by atoms with Crippen molar-refractivity contribution >= 4 is 5.91 Å². The van der Waals surface area contributed by atoms with E-state index in [4.69, 9.17) is 4.74 Å². The molecule has 4 rings (SSSR count). The monoisotopic (exact) mass is 382 g/mol. The minimum atomic E-state index is -0.192. The number of methoxy groups -OCH3 is 1. The van der Waals surface area contributed by atoms with E-state index >= 15 is 0 Å². The number of halogens is 1. The van der Waals surface area contributed by atoms with Gasteiger partial charge in [-0.2, -0.15) is 0 Å². The van der Waals surface area contributed by atoms with Gasteiger partial charge in [0.25, 0.3) is 5.91 Å². The summed E-state index contributed by atoms with van der Waals surface area (Å²) >= 11 is 0. The molecule has 2 fully saturated rings. The van der Waals surface area contributed by atoms with Crippen LogP contribution in [0.15, 0.2) is 48.5 Å². The fraction of sp³-hybridized carbons (Fsp3) is 0.435. The Bertz CT molecular complexity index is 810. The number of hydrogen-bond acceptors (Lipinski definition) is 3. The van der Waals surface area contributed by atoms with Gasteiger partial charge in [0.05, 0.1) is 7.11 Å². The lowest BCUT2D eigenvalue weighted by atomic mass is 9.81. The van der Waals surface area contributed by atoms with E-state index in [1.807, 2.05) is 30.3 Å². The molecule has 1 unspecified atom stereocenters. The highest BCUT2D eigenvalue weighted by molar-refractivity contribution is 5.94. The molecule has 0 radical (unpaired) electrons. The smallest absolute Gasteiger partial charge is 0.251 e. The minimum absolute atomic E-state index is 0.0334. The molecule has 2 saturated heterocycles. The first-order chi connectivity index (χ1) is 13.6. The lowest BCUT2D eigenvalue weighted by Gasteiger charge is -2.49. The summed E-state index contributed by atoms with van der Waals surface area (Å²) in [7, 11) is 1.61. The Labute approximate surface area is 165 Å². The van der Waals surface area contributed by atoms with Gasteiger partial charge in [-0.1, -0.05) is 24.6 Å². The molecule has 0 saturated carbocycles. The van der Waals surface area contributed by atoms with Gasteiger partial charge in [0.15, 0.2) is 0 Å². The van der Waals surface area contributed by atoms with Gasteiger partial charge in [-0.15, -0.1) is 0 Å². The number of carbonyl (C=O) groups is 1. The molecule has 0 aliphatic carbocycles. The zero-order valence-corrected chi connectivity index (χ0v) is 16.2. The third-order valence-corrected chi connectivity index (χ3v) is 6.07. The molecular weight excluding hydrogens is 355 g/mol. The van der Waals surface area contributed by atoms with Gasteiger partial charge in [0.2, 0.25) is 0 Å². The zero-order valence-electron chi connectivity index (χ0n) is 16.2. The van der Waals surface area contributed by atoms with Crippen molar-refractivity contribution in [1.82, 2.24) is 10.2 Å². The maximum absolute atomic E-state index is 13.2. The molecule has 0 spiro atoms. The third kappa shape index (κ3) is 4.20. The Hall–Kier alpha value is -2.40. The average Bonchev–Trinajstić information content (AvgIpc) is 2.70. The first-order valence-corrected chi connectivity index (χ1v) is 10.1. The minimum Gasteiger partial charge on any atom is -0.497 e. The second kappa shape index (κ2) is 8.31. The number of rotatable bonds is 5. The highest BCUT2D eigenvalue weighted by atomic mass is 19.1. The van der Waals surface area contributed by atoms with Gasteiger partial charge in [-0.05, 0) is 61.6 Å². The Morgan fingerprint density at radius 3 is 2.54 bits per heavy atom. The van der Waals surface area contributed by atoms with Crippen LogP contribution < -0.4 is 10.1 Å². The van der Waals surface area contributed by atoms with Crippen molar-refractivity contribution in [3.63, 3.8) is 0 Å². The van der Waals surface area contributed by atoms with Gasteiger partial charge in [0, 0.05) is 30.2 Å². The van der Waals surface area contributed by atoms with Crippen LogP contribution in [0.2, 0.25) is 0 Å².